The second-order valence-electron chi connectivity index (χ2n) is 7.15. The molecule has 0 atom stereocenters. The Hall–Kier alpha value is -1.60. The minimum atomic E-state index is -0.00124. The fraction of sp³-hybridized carbons (Fsp3) is 0.273. The Morgan fingerprint density at radius 2 is 1.90 bits per heavy atom. The molecule has 2 aliphatic heterocycles. The second kappa shape index (κ2) is 8.87. The van der Waals surface area contributed by atoms with E-state index in [1.54, 1.807) is 16.7 Å². The number of rotatable bonds is 4. The first kappa shape index (κ1) is 21.6. The van der Waals surface area contributed by atoms with E-state index in [-0.39, 0.29) is 5.91 Å². The molecule has 0 unspecified atom stereocenters. The average molecular weight is 478 g/mol. The first-order chi connectivity index (χ1) is 14.4. The molecule has 4 rings (SSSR count). The maximum Gasteiger partial charge on any atom is 0.269 e. The van der Waals surface area contributed by atoms with Gasteiger partial charge in [-0.15, -0.1) is 0 Å². The minimum absolute atomic E-state index is 0.00124. The van der Waals surface area contributed by atoms with E-state index in [2.05, 4.69) is 6.92 Å². The molecule has 1 fully saturated rings. The lowest BCUT2D eigenvalue weighted by Gasteiger charge is -2.16. The molecule has 2 aromatic carbocycles. The van der Waals surface area contributed by atoms with Crippen molar-refractivity contribution in [3.63, 3.8) is 0 Å². The van der Waals surface area contributed by atoms with E-state index in [9.17, 15) is 4.79 Å². The summed E-state index contributed by atoms with van der Waals surface area (Å²) in [5, 5.41) is 2.96. The van der Waals surface area contributed by atoms with Gasteiger partial charge in [0.2, 0.25) is 0 Å². The van der Waals surface area contributed by atoms with Crippen molar-refractivity contribution in [2.45, 2.75) is 31.6 Å². The van der Waals surface area contributed by atoms with Crippen LogP contribution < -0.4 is 4.90 Å². The number of anilines is 1. The SMILES string of the molecule is CCCCN1C(=O)C(=C2Sc3ccc(Cl)cc3N2C)SC1=Nc1ccc(C)c(Cl)c1. The predicted molar refractivity (Wildman–Crippen MR) is 130 cm³/mol. The van der Waals surface area contributed by atoms with Gasteiger partial charge in [-0.1, -0.05) is 54.4 Å². The molecule has 0 bridgehead atoms. The van der Waals surface area contributed by atoms with Crippen molar-refractivity contribution in [2.75, 3.05) is 18.5 Å². The van der Waals surface area contributed by atoms with Crippen molar-refractivity contribution >= 4 is 69.2 Å². The van der Waals surface area contributed by atoms with Gasteiger partial charge < -0.3 is 4.90 Å². The monoisotopic (exact) mass is 477 g/mol. The molecule has 0 aliphatic carbocycles. The molecule has 0 saturated carbocycles. The molecule has 2 aromatic rings. The Balaban J connectivity index is 1.72. The largest absolute Gasteiger partial charge is 0.337 e. The van der Waals surface area contributed by atoms with Crippen LogP contribution in [-0.4, -0.2) is 29.6 Å². The Morgan fingerprint density at radius 3 is 2.63 bits per heavy atom. The fourth-order valence-electron chi connectivity index (χ4n) is 3.21. The number of halogens is 2. The first-order valence-electron chi connectivity index (χ1n) is 9.69. The molecule has 0 aromatic heterocycles. The summed E-state index contributed by atoms with van der Waals surface area (Å²) in [5.41, 5.74) is 2.76. The number of aryl methyl sites for hydroxylation is 1. The Bertz CT molecular complexity index is 1080. The van der Waals surface area contributed by atoms with Gasteiger partial charge in [0, 0.05) is 28.5 Å². The third-order valence-electron chi connectivity index (χ3n) is 4.97. The Labute approximate surface area is 195 Å². The van der Waals surface area contributed by atoms with E-state index in [1.165, 1.54) is 11.8 Å². The lowest BCUT2D eigenvalue weighted by molar-refractivity contribution is -0.122. The standard InChI is InChI=1S/C22H21Cl2N3OS2/c1-4-5-10-27-20(28)19(21-26(3)17-11-14(23)7-9-18(17)29-21)30-22(27)25-15-8-6-13(2)16(24)12-15/h6-9,11-12H,4-5,10H2,1-3H3. The number of carbonyl (C=O) groups excluding carboxylic acids is 1. The number of fused-ring (bicyclic) bond motifs is 1. The normalized spacial score (nSPS) is 19.9. The van der Waals surface area contributed by atoms with Crippen molar-refractivity contribution in [3.05, 3.63) is 61.9 Å². The number of benzene rings is 2. The van der Waals surface area contributed by atoms with E-state index in [0.717, 1.165) is 39.7 Å². The summed E-state index contributed by atoms with van der Waals surface area (Å²) >= 11 is 15.5. The summed E-state index contributed by atoms with van der Waals surface area (Å²) < 4.78 is 0. The van der Waals surface area contributed by atoms with Crippen LogP contribution in [0.2, 0.25) is 10.0 Å². The number of hydrogen-bond acceptors (Lipinski definition) is 5. The van der Waals surface area contributed by atoms with E-state index in [4.69, 9.17) is 28.2 Å². The number of amidine groups is 1. The van der Waals surface area contributed by atoms with Crippen LogP contribution in [0.4, 0.5) is 11.4 Å². The topological polar surface area (TPSA) is 35.9 Å². The lowest BCUT2D eigenvalue weighted by atomic mass is 10.2. The third kappa shape index (κ3) is 4.11. The average Bonchev–Trinajstić information content (AvgIpc) is 3.20. The van der Waals surface area contributed by atoms with Gasteiger partial charge in [-0.3, -0.25) is 9.69 Å². The van der Waals surface area contributed by atoms with Crippen molar-refractivity contribution in [1.82, 2.24) is 4.90 Å². The summed E-state index contributed by atoms with van der Waals surface area (Å²) in [6.45, 7) is 4.72. The van der Waals surface area contributed by atoms with Crippen LogP contribution in [0.1, 0.15) is 25.3 Å². The van der Waals surface area contributed by atoms with E-state index < -0.39 is 0 Å². The second-order valence-corrected chi connectivity index (χ2v) is 10.00. The summed E-state index contributed by atoms with van der Waals surface area (Å²) in [5.74, 6) is -0.00124. The van der Waals surface area contributed by atoms with Crippen LogP contribution in [0.15, 0.2) is 56.2 Å². The van der Waals surface area contributed by atoms with Gasteiger partial charge in [-0.05, 0) is 61.0 Å². The number of aliphatic imine (C=N–C) groups is 1. The van der Waals surface area contributed by atoms with Crippen LogP contribution in [0.25, 0.3) is 0 Å². The highest BCUT2D eigenvalue weighted by atomic mass is 35.5. The van der Waals surface area contributed by atoms with Crippen LogP contribution in [0.3, 0.4) is 0 Å². The first-order valence-corrected chi connectivity index (χ1v) is 12.1. The Kier molecular flexibility index (Phi) is 6.39. The molecule has 0 N–H and O–H groups in total. The molecule has 30 heavy (non-hydrogen) atoms. The van der Waals surface area contributed by atoms with Gasteiger partial charge >= 0.3 is 0 Å². The number of amides is 1. The maximum atomic E-state index is 13.4. The fourth-order valence-corrected chi connectivity index (χ4v) is 5.90. The van der Waals surface area contributed by atoms with Gasteiger partial charge in [0.25, 0.3) is 5.91 Å². The quantitative estimate of drug-likeness (QED) is 0.440. The third-order valence-corrected chi connectivity index (χ3v) is 8.04. The van der Waals surface area contributed by atoms with E-state index in [1.807, 2.05) is 55.3 Å². The summed E-state index contributed by atoms with van der Waals surface area (Å²) in [6, 6.07) is 11.5. The molecule has 156 valence electrons. The van der Waals surface area contributed by atoms with E-state index in [0.29, 0.717) is 26.7 Å². The maximum absolute atomic E-state index is 13.4. The number of thioether (sulfide) groups is 2. The molecular formula is C22H21Cl2N3OS2. The zero-order valence-corrected chi connectivity index (χ0v) is 20.1. The highest BCUT2D eigenvalue weighted by Crippen LogP contribution is 2.50. The zero-order chi connectivity index (χ0) is 21.4. The van der Waals surface area contributed by atoms with Gasteiger partial charge in [-0.2, -0.15) is 0 Å². The minimum Gasteiger partial charge on any atom is -0.337 e. The summed E-state index contributed by atoms with van der Waals surface area (Å²) in [6.07, 6.45) is 1.92. The molecule has 0 radical (unpaired) electrons. The predicted octanol–water partition coefficient (Wildman–Crippen LogP) is 7.08. The molecule has 2 heterocycles. The highest BCUT2D eigenvalue weighted by Gasteiger charge is 2.38. The van der Waals surface area contributed by atoms with Gasteiger partial charge in [0.15, 0.2) is 5.17 Å². The smallest absolute Gasteiger partial charge is 0.269 e. The molecule has 0 spiro atoms. The van der Waals surface area contributed by atoms with Crippen LogP contribution >= 0.6 is 46.7 Å². The molecular weight excluding hydrogens is 457 g/mol. The Morgan fingerprint density at radius 1 is 1.10 bits per heavy atom. The molecule has 8 heteroatoms. The van der Waals surface area contributed by atoms with E-state index >= 15 is 0 Å². The molecule has 4 nitrogen and oxygen atoms in total. The van der Waals surface area contributed by atoms with Crippen LogP contribution in [0, 0.1) is 6.92 Å². The number of carbonyl (C=O) groups is 1. The number of hydrogen-bond donors (Lipinski definition) is 0. The lowest BCUT2D eigenvalue weighted by Crippen LogP contribution is -2.30. The molecule has 2 aliphatic rings. The van der Waals surface area contributed by atoms with Gasteiger partial charge in [0.1, 0.15) is 4.91 Å². The number of unbranched alkanes of at least 4 members (excludes halogenated alkanes) is 1. The molecule has 1 saturated heterocycles. The van der Waals surface area contributed by atoms with Crippen LogP contribution in [-0.2, 0) is 4.79 Å². The number of nitrogens with zero attached hydrogens (tertiary/aromatic N) is 3. The highest BCUT2D eigenvalue weighted by molar-refractivity contribution is 8.19. The molecule has 1 amide bonds. The zero-order valence-electron chi connectivity index (χ0n) is 16.9. The van der Waals surface area contributed by atoms with Gasteiger partial charge in [0.05, 0.1) is 16.4 Å². The van der Waals surface area contributed by atoms with Crippen LogP contribution in [0.5, 0.6) is 0 Å². The van der Waals surface area contributed by atoms with Crippen molar-refractivity contribution in [2.24, 2.45) is 4.99 Å². The van der Waals surface area contributed by atoms with Crippen molar-refractivity contribution < 1.29 is 4.79 Å². The van der Waals surface area contributed by atoms with Crippen molar-refractivity contribution in [1.29, 1.82) is 0 Å². The summed E-state index contributed by atoms with van der Waals surface area (Å²) in [4.78, 5) is 23.7. The van der Waals surface area contributed by atoms with Gasteiger partial charge in [-0.25, -0.2) is 4.99 Å². The van der Waals surface area contributed by atoms with Crippen molar-refractivity contribution in [3.8, 4) is 0 Å². The summed E-state index contributed by atoms with van der Waals surface area (Å²) in [7, 11) is 1.97.